The highest BCUT2D eigenvalue weighted by Gasteiger charge is 2.27. The summed E-state index contributed by atoms with van der Waals surface area (Å²) in [4.78, 5) is 0. The van der Waals surface area contributed by atoms with Crippen LogP contribution in [-0.4, -0.2) is 24.3 Å². The smallest absolute Gasteiger partial charge is 0.0577 e. The molecule has 0 fully saturated rings. The maximum Gasteiger partial charge on any atom is 0.0577 e. The third-order valence-electron chi connectivity index (χ3n) is 3.93. The van der Waals surface area contributed by atoms with Crippen LogP contribution >= 0.6 is 0 Å². The largest absolute Gasteiger partial charge is 0.393 e. The molecule has 0 aromatic carbocycles. The van der Waals surface area contributed by atoms with Gasteiger partial charge in [-0.1, -0.05) is 40.5 Å². The fourth-order valence-corrected chi connectivity index (χ4v) is 1.71. The molecule has 2 atom stereocenters. The Morgan fingerprint density at radius 1 is 1.20 bits per heavy atom. The highest BCUT2D eigenvalue weighted by atomic mass is 16.3. The molecule has 0 aliphatic rings. The molecule has 0 saturated heterocycles. The van der Waals surface area contributed by atoms with Crippen LogP contribution in [-0.2, 0) is 0 Å². The Bertz CT molecular complexity index is 155. The van der Waals surface area contributed by atoms with Gasteiger partial charge in [0.1, 0.15) is 0 Å². The molecule has 0 aliphatic carbocycles. The van der Waals surface area contributed by atoms with E-state index in [1.54, 1.807) is 0 Å². The molecule has 0 rings (SSSR count). The average molecular weight is 215 g/mol. The number of rotatable bonds is 8. The van der Waals surface area contributed by atoms with Gasteiger partial charge in [0.15, 0.2) is 0 Å². The van der Waals surface area contributed by atoms with E-state index in [0.29, 0.717) is 0 Å². The predicted molar refractivity (Wildman–Crippen MR) is 67.0 cm³/mol. The summed E-state index contributed by atoms with van der Waals surface area (Å²) < 4.78 is 0. The summed E-state index contributed by atoms with van der Waals surface area (Å²) in [6.45, 7) is 12.7. The van der Waals surface area contributed by atoms with Crippen molar-refractivity contribution in [1.82, 2.24) is 5.32 Å². The van der Waals surface area contributed by atoms with Crippen LogP contribution in [0.3, 0.4) is 0 Å². The normalized spacial score (nSPS) is 17.8. The first-order chi connectivity index (χ1) is 7.00. The number of hydrogen-bond acceptors (Lipinski definition) is 2. The molecule has 2 N–H and O–H groups in total. The topological polar surface area (TPSA) is 32.3 Å². The van der Waals surface area contributed by atoms with Crippen molar-refractivity contribution in [2.45, 2.75) is 60.0 Å². The average Bonchev–Trinajstić information content (AvgIpc) is 2.23. The van der Waals surface area contributed by atoms with Gasteiger partial charge in [-0.3, -0.25) is 0 Å². The third kappa shape index (κ3) is 4.98. The maximum atomic E-state index is 9.71. The maximum absolute atomic E-state index is 9.71. The first kappa shape index (κ1) is 14.9. The van der Waals surface area contributed by atoms with E-state index < -0.39 is 0 Å². The van der Waals surface area contributed by atoms with E-state index in [0.717, 1.165) is 25.4 Å². The molecule has 2 unspecified atom stereocenters. The Morgan fingerprint density at radius 3 is 2.07 bits per heavy atom. The predicted octanol–water partition coefficient (Wildman–Crippen LogP) is 2.81. The lowest BCUT2D eigenvalue weighted by Crippen LogP contribution is -2.41. The van der Waals surface area contributed by atoms with Gasteiger partial charge in [-0.05, 0) is 25.8 Å². The first-order valence-corrected chi connectivity index (χ1v) is 6.38. The lowest BCUT2D eigenvalue weighted by molar-refractivity contribution is 0.0484. The van der Waals surface area contributed by atoms with E-state index in [9.17, 15) is 5.11 Å². The monoisotopic (exact) mass is 215 g/mol. The molecular weight excluding hydrogens is 186 g/mol. The zero-order valence-electron chi connectivity index (χ0n) is 11.1. The SMILES string of the molecule is CCC(CC)CNCC(C)(CC)C(C)O. The molecule has 92 valence electrons. The molecule has 0 aromatic rings. The van der Waals surface area contributed by atoms with Gasteiger partial charge in [0.2, 0.25) is 0 Å². The van der Waals surface area contributed by atoms with Crippen molar-refractivity contribution in [3.8, 4) is 0 Å². The Kier molecular flexibility index (Phi) is 7.20. The van der Waals surface area contributed by atoms with Crippen molar-refractivity contribution < 1.29 is 5.11 Å². The van der Waals surface area contributed by atoms with E-state index in [-0.39, 0.29) is 11.5 Å². The van der Waals surface area contributed by atoms with Crippen molar-refractivity contribution in [3.05, 3.63) is 0 Å². The van der Waals surface area contributed by atoms with Gasteiger partial charge in [-0.15, -0.1) is 0 Å². The van der Waals surface area contributed by atoms with E-state index >= 15 is 0 Å². The van der Waals surface area contributed by atoms with Crippen LogP contribution < -0.4 is 5.32 Å². The van der Waals surface area contributed by atoms with Crippen LogP contribution in [0.1, 0.15) is 53.9 Å². The molecular formula is C13H29NO. The zero-order chi connectivity index (χ0) is 11.9. The molecule has 0 heterocycles. The standard InChI is InChI=1S/C13H29NO/c1-6-12(7-2)9-14-10-13(5,8-3)11(4)15/h11-12,14-15H,6-10H2,1-5H3. The Labute approximate surface area is 95.5 Å². The molecule has 0 aliphatic heterocycles. The Balaban J connectivity index is 3.91. The molecule has 2 heteroatoms. The van der Waals surface area contributed by atoms with Gasteiger partial charge in [0, 0.05) is 12.0 Å². The fraction of sp³-hybridized carbons (Fsp3) is 1.00. The summed E-state index contributed by atoms with van der Waals surface area (Å²) in [5, 5.41) is 13.2. The quantitative estimate of drug-likeness (QED) is 0.652. The summed E-state index contributed by atoms with van der Waals surface area (Å²) in [6.07, 6.45) is 3.25. The highest BCUT2D eigenvalue weighted by Crippen LogP contribution is 2.24. The molecule has 0 bridgehead atoms. The minimum Gasteiger partial charge on any atom is -0.393 e. The summed E-state index contributed by atoms with van der Waals surface area (Å²) in [7, 11) is 0. The Hall–Kier alpha value is -0.0800. The van der Waals surface area contributed by atoms with Gasteiger partial charge in [-0.25, -0.2) is 0 Å². The number of nitrogens with one attached hydrogen (secondary N) is 1. The van der Waals surface area contributed by atoms with E-state index in [2.05, 4.69) is 33.0 Å². The fourth-order valence-electron chi connectivity index (χ4n) is 1.71. The summed E-state index contributed by atoms with van der Waals surface area (Å²) in [6, 6.07) is 0. The van der Waals surface area contributed by atoms with Crippen LogP contribution in [0, 0.1) is 11.3 Å². The minimum absolute atomic E-state index is 0.0199. The number of aliphatic hydroxyl groups excluding tert-OH is 1. The van der Waals surface area contributed by atoms with Crippen LogP contribution in [0.5, 0.6) is 0 Å². The molecule has 15 heavy (non-hydrogen) atoms. The minimum atomic E-state index is -0.239. The van der Waals surface area contributed by atoms with E-state index in [1.807, 2.05) is 6.92 Å². The number of hydrogen-bond donors (Lipinski definition) is 2. The van der Waals surface area contributed by atoms with Crippen molar-refractivity contribution in [3.63, 3.8) is 0 Å². The summed E-state index contributed by atoms with van der Waals surface area (Å²) in [5.41, 5.74) is 0.0199. The van der Waals surface area contributed by atoms with Crippen LogP contribution in [0.15, 0.2) is 0 Å². The van der Waals surface area contributed by atoms with Gasteiger partial charge in [0.25, 0.3) is 0 Å². The van der Waals surface area contributed by atoms with Gasteiger partial charge >= 0.3 is 0 Å². The van der Waals surface area contributed by atoms with Crippen molar-refractivity contribution in [1.29, 1.82) is 0 Å². The second kappa shape index (κ2) is 7.24. The second-order valence-electron chi connectivity index (χ2n) is 5.00. The van der Waals surface area contributed by atoms with Crippen molar-refractivity contribution in [2.75, 3.05) is 13.1 Å². The summed E-state index contributed by atoms with van der Waals surface area (Å²) >= 11 is 0. The molecule has 0 amide bonds. The van der Waals surface area contributed by atoms with Crippen LogP contribution in [0.2, 0.25) is 0 Å². The molecule has 2 nitrogen and oxygen atoms in total. The van der Waals surface area contributed by atoms with Crippen LogP contribution in [0.4, 0.5) is 0 Å². The highest BCUT2D eigenvalue weighted by molar-refractivity contribution is 4.80. The second-order valence-corrected chi connectivity index (χ2v) is 5.00. The molecule has 0 aromatic heterocycles. The van der Waals surface area contributed by atoms with E-state index in [4.69, 9.17) is 0 Å². The first-order valence-electron chi connectivity index (χ1n) is 6.38. The zero-order valence-corrected chi connectivity index (χ0v) is 11.1. The third-order valence-corrected chi connectivity index (χ3v) is 3.93. The summed E-state index contributed by atoms with van der Waals surface area (Å²) in [5.74, 6) is 0.778. The van der Waals surface area contributed by atoms with E-state index in [1.165, 1.54) is 12.8 Å². The number of aliphatic hydroxyl groups is 1. The lowest BCUT2D eigenvalue weighted by Gasteiger charge is -2.32. The van der Waals surface area contributed by atoms with Gasteiger partial charge in [0.05, 0.1) is 6.10 Å². The molecule has 0 radical (unpaired) electrons. The molecule has 0 spiro atoms. The van der Waals surface area contributed by atoms with Gasteiger partial charge in [-0.2, -0.15) is 0 Å². The van der Waals surface area contributed by atoms with Crippen molar-refractivity contribution in [2.24, 2.45) is 11.3 Å². The van der Waals surface area contributed by atoms with Crippen molar-refractivity contribution >= 4 is 0 Å². The van der Waals surface area contributed by atoms with Gasteiger partial charge < -0.3 is 10.4 Å². The van der Waals surface area contributed by atoms with Crippen LogP contribution in [0.25, 0.3) is 0 Å². The lowest BCUT2D eigenvalue weighted by atomic mass is 9.82. The Morgan fingerprint density at radius 2 is 1.73 bits per heavy atom. The molecule has 0 saturated carbocycles.